The van der Waals surface area contributed by atoms with Crippen LogP contribution >= 0.6 is 0 Å². The summed E-state index contributed by atoms with van der Waals surface area (Å²) in [5.74, 6) is 0.699. The average Bonchev–Trinajstić information content (AvgIpc) is 2.89. The highest BCUT2D eigenvalue weighted by Gasteiger charge is 2.12. The van der Waals surface area contributed by atoms with Gasteiger partial charge in [-0.25, -0.2) is 4.39 Å². The van der Waals surface area contributed by atoms with E-state index in [1.54, 1.807) is 18.2 Å². The second-order valence-electron chi connectivity index (χ2n) is 4.36. The van der Waals surface area contributed by atoms with E-state index in [0.717, 1.165) is 0 Å². The second kappa shape index (κ2) is 6.93. The number of nitrogens with zero attached hydrogens (tertiary/aromatic N) is 3. The molecule has 0 fully saturated rings. The van der Waals surface area contributed by atoms with E-state index in [1.165, 1.54) is 6.07 Å². The number of benzene rings is 1. The summed E-state index contributed by atoms with van der Waals surface area (Å²) in [4.78, 5) is 6.11. The van der Waals surface area contributed by atoms with Gasteiger partial charge in [0.2, 0.25) is 5.89 Å². The molecule has 0 unspecified atom stereocenters. The maximum absolute atomic E-state index is 13.7. The molecule has 2 N–H and O–H groups in total. The van der Waals surface area contributed by atoms with Crippen LogP contribution < -0.4 is 5.73 Å². The predicted octanol–water partition coefficient (Wildman–Crippen LogP) is 1.86. The van der Waals surface area contributed by atoms with Crippen molar-refractivity contribution in [3.63, 3.8) is 0 Å². The van der Waals surface area contributed by atoms with Crippen molar-refractivity contribution < 1.29 is 8.91 Å². The van der Waals surface area contributed by atoms with Crippen LogP contribution in [0.4, 0.5) is 4.39 Å². The maximum atomic E-state index is 13.7. The van der Waals surface area contributed by atoms with Crippen LogP contribution in [-0.4, -0.2) is 21.6 Å². The van der Waals surface area contributed by atoms with Crippen LogP contribution in [0.15, 0.2) is 41.4 Å². The SMILES string of the molecule is C=CCN(Cc1noc(CN)n1)Cc1ccccc1F. The van der Waals surface area contributed by atoms with E-state index in [9.17, 15) is 4.39 Å². The second-order valence-corrected chi connectivity index (χ2v) is 4.36. The predicted molar refractivity (Wildman–Crippen MR) is 72.9 cm³/mol. The Labute approximate surface area is 116 Å². The van der Waals surface area contributed by atoms with Crippen LogP contribution in [0.1, 0.15) is 17.3 Å². The third-order valence-corrected chi connectivity index (χ3v) is 2.79. The van der Waals surface area contributed by atoms with E-state index in [4.69, 9.17) is 10.3 Å². The largest absolute Gasteiger partial charge is 0.338 e. The first-order valence-electron chi connectivity index (χ1n) is 6.31. The highest BCUT2D eigenvalue weighted by molar-refractivity contribution is 5.17. The molecule has 0 radical (unpaired) electrons. The smallest absolute Gasteiger partial charge is 0.240 e. The molecule has 6 heteroatoms. The Bertz CT molecular complexity index is 570. The Morgan fingerprint density at radius 3 is 2.80 bits per heavy atom. The summed E-state index contributed by atoms with van der Waals surface area (Å²) in [6.07, 6.45) is 1.75. The summed E-state index contributed by atoms with van der Waals surface area (Å²) in [5.41, 5.74) is 6.04. The molecule has 1 aromatic carbocycles. The standard InChI is InChI=1S/C14H17FN4O/c1-2-7-19(9-11-5-3-4-6-12(11)15)10-13-17-14(8-16)20-18-13/h2-6H,1,7-10,16H2. The molecule has 0 aliphatic carbocycles. The Morgan fingerprint density at radius 2 is 2.15 bits per heavy atom. The molecule has 0 saturated carbocycles. The van der Waals surface area contributed by atoms with Gasteiger partial charge >= 0.3 is 0 Å². The zero-order valence-electron chi connectivity index (χ0n) is 11.1. The van der Waals surface area contributed by atoms with Crippen molar-refractivity contribution in [3.8, 4) is 0 Å². The molecular weight excluding hydrogens is 259 g/mol. The summed E-state index contributed by atoms with van der Waals surface area (Å²) in [5, 5.41) is 3.84. The van der Waals surface area contributed by atoms with Crippen molar-refractivity contribution in [1.82, 2.24) is 15.0 Å². The molecule has 0 bridgehead atoms. The molecule has 1 heterocycles. The molecule has 20 heavy (non-hydrogen) atoms. The van der Waals surface area contributed by atoms with Crippen molar-refractivity contribution in [2.45, 2.75) is 19.6 Å². The first kappa shape index (κ1) is 14.4. The van der Waals surface area contributed by atoms with Crippen LogP contribution in [-0.2, 0) is 19.6 Å². The number of nitrogens with two attached hydrogens (primary N) is 1. The number of aromatic nitrogens is 2. The number of halogens is 1. The lowest BCUT2D eigenvalue weighted by Crippen LogP contribution is -2.24. The summed E-state index contributed by atoms with van der Waals surface area (Å²) < 4.78 is 18.6. The Kier molecular flexibility index (Phi) is 4.97. The molecule has 0 atom stereocenters. The Balaban J connectivity index is 2.07. The summed E-state index contributed by atoms with van der Waals surface area (Å²) in [7, 11) is 0. The topological polar surface area (TPSA) is 68.2 Å². The van der Waals surface area contributed by atoms with Crippen molar-refractivity contribution in [3.05, 3.63) is 60.0 Å². The van der Waals surface area contributed by atoms with Gasteiger partial charge < -0.3 is 10.3 Å². The molecule has 0 aliphatic rings. The summed E-state index contributed by atoms with van der Waals surface area (Å²) in [6, 6.07) is 6.68. The van der Waals surface area contributed by atoms with Gasteiger partial charge in [0, 0.05) is 18.7 Å². The molecule has 2 aromatic rings. The van der Waals surface area contributed by atoms with E-state index in [2.05, 4.69) is 16.7 Å². The van der Waals surface area contributed by atoms with Crippen LogP contribution in [0.3, 0.4) is 0 Å². The Hall–Kier alpha value is -2.05. The summed E-state index contributed by atoms with van der Waals surface area (Å²) in [6.45, 7) is 5.41. The fourth-order valence-corrected chi connectivity index (χ4v) is 1.87. The van der Waals surface area contributed by atoms with Gasteiger partial charge in [0.05, 0.1) is 13.1 Å². The van der Waals surface area contributed by atoms with E-state index >= 15 is 0 Å². The van der Waals surface area contributed by atoms with Gasteiger partial charge in [-0.15, -0.1) is 6.58 Å². The van der Waals surface area contributed by atoms with Gasteiger partial charge in [-0.3, -0.25) is 4.90 Å². The van der Waals surface area contributed by atoms with Gasteiger partial charge in [0.1, 0.15) is 5.82 Å². The van der Waals surface area contributed by atoms with Crippen LogP contribution in [0.5, 0.6) is 0 Å². The lowest BCUT2D eigenvalue weighted by atomic mass is 10.2. The molecule has 106 valence electrons. The van der Waals surface area contributed by atoms with Crippen molar-refractivity contribution >= 4 is 0 Å². The third kappa shape index (κ3) is 3.72. The minimum absolute atomic E-state index is 0.210. The van der Waals surface area contributed by atoms with Gasteiger partial charge in [0.15, 0.2) is 5.82 Å². The average molecular weight is 276 g/mol. The molecule has 5 nitrogen and oxygen atoms in total. The lowest BCUT2D eigenvalue weighted by Gasteiger charge is -2.19. The number of hydrogen-bond donors (Lipinski definition) is 1. The monoisotopic (exact) mass is 276 g/mol. The van der Waals surface area contributed by atoms with Gasteiger partial charge in [-0.05, 0) is 6.07 Å². The lowest BCUT2D eigenvalue weighted by molar-refractivity contribution is 0.268. The highest BCUT2D eigenvalue weighted by atomic mass is 19.1. The molecule has 0 spiro atoms. The van der Waals surface area contributed by atoms with E-state index < -0.39 is 0 Å². The first-order chi connectivity index (χ1) is 9.72. The Morgan fingerprint density at radius 1 is 1.35 bits per heavy atom. The van der Waals surface area contributed by atoms with Gasteiger partial charge in [-0.1, -0.05) is 29.4 Å². The molecule has 2 rings (SSSR count). The maximum Gasteiger partial charge on any atom is 0.240 e. The van der Waals surface area contributed by atoms with E-state index in [1.807, 2.05) is 11.0 Å². The first-order valence-corrected chi connectivity index (χ1v) is 6.31. The molecule has 0 aliphatic heterocycles. The number of hydrogen-bond acceptors (Lipinski definition) is 5. The zero-order valence-corrected chi connectivity index (χ0v) is 11.1. The molecular formula is C14H17FN4O. The van der Waals surface area contributed by atoms with Gasteiger partial charge in [0.25, 0.3) is 0 Å². The van der Waals surface area contributed by atoms with Crippen molar-refractivity contribution in [2.75, 3.05) is 6.54 Å². The normalized spacial score (nSPS) is 10.9. The number of rotatable bonds is 7. The van der Waals surface area contributed by atoms with Crippen LogP contribution in [0.2, 0.25) is 0 Å². The highest BCUT2D eigenvalue weighted by Crippen LogP contribution is 2.12. The van der Waals surface area contributed by atoms with Crippen LogP contribution in [0.25, 0.3) is 0 Å². The molecule has 0 amide bonds. The van der Waals surface area contributed by atoms with E-state index in [-0.39, 0.29) is 12.4 Å². The zero-order chi connectivity index (χ0) is 14.4. The summed E-state index contributed by atoms with van der Waals surface area (Å²) >= 11 is 0. The molecule has 0 saturated heterocycles. The molecule has 1 aromatic heterocycles. The van der Waals surface area contributed by atoms with Crippen molar-refractivity contribution in [1.29, 1.82) is 0 Å². The van der Waals surface area contributed by atoms with Crippen LogP contribution in [0, 0.1) is 5.82 Å². The van der Waals surface area contributed by atoms with Gasteiger partial charge in [-0.2, -0.15) is 4.98 Å². The minimum Gasteiger partial charge on any atom is -0.338 e. The quantitative estimate of drug-likeness (QED) is 0.782. The minimum atomic E-state index is -0.225. The third-order valence-electron chi connectivity index (χ3n) is 2.79. The van der Waals surface area contributed by atoms with E-state index in [0.29, 0.717) is 36.9 Å². The van der Waals surface area contributed by atoms with Crippen molar-refractivity contribution in [2.24, 2.45) is 5.73 Å². The fraction of sp³-hybridized carbons (Fsp3) is 0.286. The fourth-order valence-electron chi connectivity index (χ4n) is 1.87.